The van der Waals surface area contributed by atoms with Crippen molar-refractivity contribution < 1.29 is 14.7 Å². The Hall–Kier alpha value is -1.84. The molecule has 1 saturated carbocycles. The summed E-state index contributed by atoms with van der Waals surface area (Å²) in [6.07, 6.45) is 2.31. The largest absolute Gasteiger partial charge is 0.481 e. The van der Waals surface area contributed by atoms with Gasteiger partial charge in [0.2, 0.25) is 5.91 Å². The summed E-state index contributed by atoms with van der Waals surface area (Å²) in [5.41, 5.74) is 2.12. The summed E-state index contributed by atoms with van der Waals surface area (Å²) in [4.78, 5) is 22.0. The first-order chi connectivity index (χ1) is 8.56. The molecular weight excluding hydrogens is 230 g/mol. The van der Waals surface area contributed by atoms with Gasteiger partial charge in [-0.15, -0.1) is 0 Å². The van der Waals surface area contributed by atoms with E-state index in [4.69, 9.17) is 5.11 Å². The van der Waals surface area contributed by atoms with Crippen LogP contribution >= 0.6 is 0 Å². The molecule has 2 rings (SSSR count). The van der Waals surface area contributed by atoms with Crippen LogP contribution < -0.4 is 5.32 Å². The van der Waals surface area contributed by atoms with E-state index in [-0.39, 0.29) is 12.3 Å². The number of rotatable bonds is 5. The Morgan fingerprint density at radius 3 is 2.72 bits per heavy atom. The lowest BCUT2D eigenvalue weighted by molar-refractivity contribution is -0.137. The third-order valence-electron chi connectivity index (χ3n) is 3.12. The minimum absolute atomic E-state index is 0.0896. The van der Waals surface area contributed by atoms with E-state index in [0.717, 1.165) is 5.56 Å². The predicted octanol–water partition coefficient (Wildman–Crippen LogP) is 2.22. The molecule has 1 aromatic carbocycles. The van der Waals surface area contributed by atoms with Gasteiger partial charge < -0.3 is 10.4 Å². The number of carboxylic acids is 1. The van der Waals surface area contributed by atoms with E-state index in [1.165, 1.54) is 25.3 Å². The van der Waals surface area contributed by atoms with E-state index < -0.39 is 12.0 Å². The van der Waals surface area contributed by atoms with Crippen LogP contribution in [0.3, 0.4) is 0 Å². The zero-order valence-corrected chi connectivity index (χ0v) is 10.3. The summed E-state index contributed by atoms with van der Waals surface area (Å²) in [7, 11) is 0. The summed E-state index contributed by atoms with van der Waals surface area (Å²) in [5.74, 6) is -0.503. The number of hydrogen-bond donors (Lipinski definition) is 2. The van der Waals surface area contributed by atoms with Crippen LogP contribution in [0, 0.1) is 0 Å². The Labute approximate surface area is 106 Å². The van der Waals surface area contributed by atoms with Crippen molar-refractivity contribution in [3.8, 4) is 0 Å². The average Bonchev–Trinajstić information content (AvgIpc) is 3.11. The fraction of sp³-hybridized carbons (Fsp3) is 0.429. The van der Waals surface area contributed by atoms with E-state index >= 15 is 0 Å². The van der Waals surface area contributed by atoms with Crippen molar-refractivity contribution in [3.05, 3.63) is 35.4 Å². The van der Waals surface area contributed by atoms with Crippen molar-refractivity contribution in [2.45, 2.75) is 38.1 Å². The smallest absolute Gasteiger partial charge is 0.305 e. The SMILES string of the molecule is CC(=O)N[C@@H](CC(=O)O)c1cccc(C2CC2)c1. The molecule has 2 N–H and O–H groups in total. The highest BCUT2D eigenvalue weighted by Gasteiger charge is 2.24. The minimum Gasteiger partial charge on any atom is -0.481 e. The van der Waals surface area contributed by atoms with E-state index in [1.54, 1.807) is 0 Å². The van der Waals surface area contributed by atoms with Gasteiger partial charge in [-0.05, 0) is 29.9 Å². The molecule has 0 spiro atoms. The molecule has 4 heteroatoms. The maximum atomic E-state index is 11.1. The quantitative estimate of drug-likeness (QED) is 0.838. The molecule has 0 radical (unpaired) electrons. The molecule has 96 valence electrons. The molecule has 0 saturated heterocycles. The summed E-state index contributed by atoms with van der Waals surface area (Å²) < 4.78 is 0. The lowest BCUT2D eigenvalue weighted by Gasteiger charge is -2.17. The first-order valence-corrected chi connectivity index (χ1v) is 6.15. The number of hydrogen-bond acceptors (Lipinski definition) is 2. The Morgan fingerprint density at radius 2 is 2.17 bits per heavy atom. The molecule has 18 heavy (non-hydrogen) atoms. The highest BCUT2D eigenvalue weighted by Crippen LogP contribution is 2.40. The third kappa shape index (κ3) is 3.32. The standard InChI is InChI=1S/C14H17NO3/c1-9(16)15-13(8-14(17)18)12-4-2-3-11(7-12)10-5-6-10/h2-4,7,10,13H,5-6,8H2,1H3,(H,15,16)(H,17,18)/t13-/m0/s1. The summed E-state index contributed by atoms with van der Waals surface area (Å²) >= 11 is 0. The molecular formula is C14H17NO3. The molecule has 0 aromatic heterocycles. The number of carboxylic acid groups (broad SMARTS) is 1. The Bertz CT molecular complexity index is 450. The van der Waals surface area contributed by atoms with Crippen molar-refractivity contribution in [1.82, 2.24) is 5.32 Å². The Balaban J connectivity index is 2.19. The maximum Gasteiger partial charge on any atom is 0.305 e. The zero-order chi connectivity index (χ0) is 13.1. The topological polar surface area (TPSA) is 66.4 Å². The number of nitrogens with one attached hydrogen (secondary N) is 1. The van der Waals surface area contributed by atoms with Crippen molar-refractivity contribution in [3.63, 3.8) is 0 Å². The van der Waals surface area contributed by atoms with Crippen LogP contribution in [0.5, 0.6) is 0 Å². The van der Waals surface area contributed by atoms with E-state index in [9.17, 15) is 9.59 Å². The normalized spacial score (nSPS) is 16.1. The number of carbonyl (C=O) groups excluding carboxylic acids is 1. The van der Waals surface area contributed by atoms with E-state index in [1.807, 2.05) is 18.2 Å². The van der Waals surface area contributed by atoms with Crippen molar-refractivity contribution >= 4 is 11.9 Å². The summed E-state index contributed by atoms with van der Waals surface area (Å²) in [5, 5.41) is 11.6. The van der Waals surface area contributed by atoms with Gasteiger partial charge in [0.05, 0.1) is 12.5 Å². The first kappa shape index (κ1) is 12.6. The predicted molar refractivity (Wildman–Crippen MR) is 67.2 cm³/mol. The minimum atomic E-state index is -0.912. The second-order valence-corrected chi connectivity index (χ2v) is 4.80. The van der Waals surface area contributed by atoms with Crippen molar-refractivity contribution in [2.75, 3.05) is 0 Å². The van der Waals surface area contributed by atoms with Crippen molar-refractivity contribution in [1.29, 1.82) is 0 Å². The molecule has 1 fully saturated rings. The van der Waals surface area contributed by atoms with Gasteiger partial charge >= 0.3 is 5.97 Å². The van der Waals surface area contributed by atoms with Gasteiger partial charge in [0.15, 0.2) is 0 Å². The lowest BCUT2D eigenvalue weighted by Crippen LogP contribution is -2.28. The molecule has 1 amide bonds. The summed E-state index contributed by atoms with van der Waals surface area (Å²) in [6.45, 7) is 1.40. The third-order valence-corrected chi connectivity index (χ3v) is 3.12. The number of aliphatic carboxylic acids is 1. The maximum absolute atomic E-state index is 11.1. The molecule has 1 aliphatic rings. The second-order valence-electron chi connectivity index (χ2n) is 4.80. The van der Waals surface area contributed by atoms with Crippen LogP contribution in [0.4, 0.5) is 0 Å². The van der Waals surface area contributed by atoms with E-state index in [0.29, 0.717) is 5.92 Å². The van der Waals surface area contributed by atoms with Gasteiger partial charge in [-0.2, -0.15) is 0 Å². The number of benzene rings is 1. The van der Waals surface area contributed by atoms with Crippen LogP contribution in [0.1, 0.15) is 49.3 Å². The Kier molecular flexibility index (Phi) is 3.65. The van der Waals surface area contributed by atoms with Gasteiger partial charge in [0.1, 0.15) is 0 Å². The molecule has 1 aliphatic carbocycles. The van der Waals surface area contributed by atoms with Crippen LogP contribution in [0.25, 0.3) is 0 Å². The molecule has 4 nitrogen and oxygen atoms in total. The van der Waals surface area contributed by atoms with Gasteiger partial charge in [-0.25, -0.2) is 0 Å². The molecule has 0 heterocycles. The molecule has 0 unspecified atom stereocenters. The van der Waals surface area contributed by atoms with E-state index in [2.05, 4.69) is 11.4 Å². The highest BCUT2D eigenvalue weighted by atomic mass is 16.4. The monoisotopic (exact) mass is 247 g/mol. The molecule has 1 atom stereocenters. The number of carbonyl (C=O) groups is 2. The lowest BCUT2D eigenvalue weighted by atomic mass is 9.99. The fourth-order valence-electron chi connectivity index (χ4n) is 2.12. The summed E-state index contributed by atoms with van der Waals surface area (Å²) in [6, 6.07) is 7.43. The first-order valence-electron chi connectivity index (χ1n) is 6.15. The molecule has 0 aliphatic heterocycles. The van der Waals surface area contributed by atoms with Gasteiger partial charge in [-0.1, -0.05) is 24.3 Å². The highest BCUT2D eigenvalue weighted by molar-refractivity contribution is 5.75. The van der Waals surface area contributed by atoms with Crippen molar-refractivity contribution in [2.24, 2.45) is 0 Å². The van der Waals surface area contributed by atoms with Crippen LogP contribution in [-0.2, 0) is 9.59 Å². The van der Waals surface area contributed by atoms with Gasteiger partial charge in [-0.3, -0.25) is 9.59 Å². The zero-order valence-electron chi connectivity index (χ0n) is 10.3. The van der Waals surface area contributed by atoms with Gasteiger partial charge in [0.25, 0.3) is 0 Å². The Morgan fingerprint density at radius 1 is 1.44 bits per heavy atom. The van der Waals surface area contributed by atoms with Crippen LogP contribution in [-0.4, -0.2) is 17.0 Å². The second kappa shape index (κ2) is 5.21. The van der Waals surface area contributed by atoms with Crippen LogP contribution in [0.15, 0.2) is 24.3 Å². The number of amides is 1. The molecule has 1 aromatic rings. The molecule has 0 bridgehead atoms. The van der Waals surface area contributed by atoms with Gasteiger partial charge in [0, 0.05) is 6.92 Å². The fourth-order valence-corrected chi connectivity index (χ4v) is 2.12. The van der Waals surface area contributed by atoms with Crippen LogP contribution in [0.2, 0.25) is 0 Å². The average molecular weight is 247 g/mol.